The number of alkyl halides is 4. The molecule has 2 N–H and O–H groups in total. The molecule has 0 amide bonds. The van der Waals surface area contributed by atoms with E-state index in [1.54, 1.807) is 0 Å². The largest absolute Gasteiger partial charge is 0.357 e. The number of H-pyrrole nitrogens is 2. The molecule has 4 atom stereocenters. The third-order valence-corrected chi connectivity index (χ3v) is 19.7. The summed E-state index contributed by atoms with van der Waals surface area (Å²) in [7, 11) is 26.3. The van der Waals surface area contributed by atoms with Crippen LogP contribution in [0.2, 0.25) is 0 Å². The summed E-state index contributed by atoms with van der Waals surface area (Å²) < 4.78 is -1.19. The van der Waals surface area contributed by atoms with E-state index in [1.807, 2.05) is 0 Å². The van der Waals surface area contributed by atoms with Gasteiger partial charge in [-0.25, -0.2) is 0 Å². The lowest BCUT2D eigenvalue weighted by molar-refractivity contribution is 0.486. The minimum atomic E-state index is -1.03. The molecule has 8 bridgehead atoms. The predicted octanol–water partition coefficient (Wildman–Crippen LogP) is 10.7. The smallest absolute Gasteiger partial charge is 0.159 e. The molecule has 5 heterocycles. The molecule has 8 nitrogen and oxygen atoms in total. The van der Waals surface area contributed by atoms with Gasteiger partial charge >= 0.3 is 0 Å². The first-order valence-corrected chi connectivity index (χ1v) is 26.0. The van der Waals surface area contributed by atoms with E-state index in [0.29, 0.717) is 17.9 Å². The molecule has 0 spiro atoms. The summed E-state index contributed by atoms with van der Waals surface area (Å²) in [5.74, 6) is 0. The van der Waals surface area contributed by atoms with Crippen LogP contribution >= 0.6 is 63.7 Å². The van der Waals surface area contributed by atoms with Crippen molar-refractivity contribution in [1.29, 1.82) is 0 Å². The highest BCUT2D eigenvalue weighted by atomic mass is 79.9. The molecule has 350 valence electrons. The average Bonchev–Trinajstić information content (AvgIpc) is 4.12. The lowest BCUT2D eigenvalue weighted by Crippen LogP contribution is -2.46. The van der Waals surface area contributed by atoms with Crippen LogP contribution in [-0.4, -0.2) is 115 Å². The van der Waals surface area contributed by atoms with E-state index in [2.05, 4.69) is 304 Å². The normalized spacial score (nSPS) is 24.1. The van der Waals surface area contributed by atoms with E-state index in [4.69, 9.17) is 9.98 Å². The van der Waals surface area contributed by atoms with E-state index in [1.165, 1.54) is 22.7 Å². The summed E-state index contributed by atoms with van der Waals surface area (Å²) in [6, 6.07) is 44.3. The third kappa shape index (κ3) is 8.30. The van der Waals surface area contributed by atoms with E-state index in [0.717, 1.165) is 66.9 Å². The predicted molar refractivity (Wildman–Crippen MR) is 306 cm³/mol. The fraction of sp³-hybridized carbons (Fsp3) is 0.286. The standard InChI is InChI=1S/C56H62Br4N8/c1-65(2,3)41-21-13-37(14-22-41)51-45-29-30-46(61-45)52(38-15-23-42(24-16-38)66(4,5)6)48-33-35-53(57,63-48)56(60,40-19-27-44(28-20-40)68(10,11)12)50-34-36-54(58,64-50)55(59,49-32-31-47(51)62-49)39-17-25-43(26-18-39)67(7,8)9/h13-36,61-62H,1-12H3/q+4. The first-order chi connectivity index (χ1) is 31.7. The van der Waals surface area contributed by atoms with Crippen LogP contribution in [0.5, 0.6) is 0 Å². The van der Waals surface area contributed by atoms with Crippen LogP contribution in [0.1, 0.15) is 33.6 Å². The Balaban J connectivity index is 1.39. The quantitative estimate of drug-likeness (QED) is 0.0867. The summed E-state index contributed by atoms with van der Waals surface area (Å²) in [6.07, 6.45) is 8.66. The number of halogens is 4. The van der Waals surface area contributed by atoms with Gasteiger partial charge in [-0.1, -0.05) is 88.0 Å². The van der Waals surface area contributed by atoms with Crippen LogP contribution in [0.15, 0.2) is 156 Å². The van der Waals surface area contributed by atoms with E-state index >= 15 is 0 Å². The molecule has 0 saturated heterocycles. The van der Waals surface area contributed by atoms with Crippen molar-refractivity contribution < 1.29 is 0 Å². The Bertz CT molecular complexity index is 3190. The molecule has 4 aromatic carbocycles. The highest BCUT2D eigenvalue weighted by molar-refractivity contribution is 9.13. The zero-order chi connectivity index (χ0) is 49.0. The third-order valence-electron chi connectivity index (χ3n) is 13.6. The van der Waals surface area contributed by atoms with Crippen molar-refractivity contribution in [1.82, 2.24) is 27.9 Å². The Morgan fingerprint density at radius 2 is 0.794 bits per heavy atom. The van der Waals surface area contributed by atoms with Crippen molar-refractivity contribution in [2.24, 2.45) is 9.98 Å². The molecule has 6 aromatic rings. The topological polar surface area (TPSA) is 56.3 Å². The zero-order valence-electron chi connectivity index (χ0n) is 41.1. The van der Waals surface area contributed by atoms with Crippen LogP contribution in [0.25, 0.3) is 11.1 Å². The molecule has 0 fully saturated rings. The summed E-state index contributed by atoms with van der Waals surface area (Å²) in [6.45, 7) is 0. The molecular formula is C56H62Br4N8+4. The lowest BCUT2D eigenvalue weighted by atomic mass is 9.86. The van der Waals surface area contributed by atoms with Gasteiger partial charge in [0.1, 0.15) is 31.4 Å². The van der Waals surface area contributed by atoms with E-state index < -0.39 is 17.5 Å². The maximum atomic E-state index is 5.82. The molecule has 0 aliphatic carbocycles. The fourth-order valence-corrected chi connectivity index (χ4v) is 12.4. The Morgan fingerprint density at radius 3 is 1.26 bits per heavy atom. The monoisotopic (exact) mass is 1160 g/mol. The first-order valence-electron chi connectivity index (χ1n) is 22.8. The number of aromatic nitrogens is 2. The Kier molecular flexibility index (Phi) is 12.0. The number of fused-ring (bicyclic) bond motifs is 6. The number of nitrogens with one attached hydrogen (secondary N) is 2. The number of allylic oxidation sites excluding steroid dienone is 2. The summed E-state index contributed by atoms with van der Waals surface area (Å²) in [4.78, 5) is 19.5. The van der Waals surface area contributed by atoms with Gasteiger partial charge < -0.3 is 9.97 Å². The van der Waals surface area contributed by atoms with Crippen LogP contribution in [0.4, 0.5) is 22.7 Å². The maximum absolute atomic E-state index is 5.82. The number of aliphatic imine (C=N–C) groups is 2. The molecule has 0 radical (unpaired) electrons. The minimum absolute atomic E-state index is 0.684. The number of rotatable bonds is 8. The molecule has 68 heavy (non-hydrogen) atoms. The molecule has 9 rings (SSSR count). The van der Waals surface area contributed by atoms with Crippen molar-refractivity contribution in [2.45, 2.75) is 17.5 Å². The van der Waals surface area contributed by atoms with Crippen LogP contribution in [0, 0.1) is 0 Å². The van der Waals surface area contributed by atoms with Gasteiger partial charge in [0.15, 0.2) is 8.90 Å². The Hall–Kier alpha value is -4.24. The van der Waals surface area contributed by atoms with Gasteiger partial charge in [0, 0.05) is 33.2 Å². The van der Waals surface area contributed by atoms with Crippen molar-refractivity contribution in [3.05, 3.63) is 190 Å². The highest BCUT2D eigenvalue weighted by Crippen LogP contribution is 2.59. The second-order valence-electron chi connectivity index (χ2n) is 21.9. The Labute approximate surface area is 435 Å². The van der Waals surface area contributed by atoms with Crippen molar-refractivity contribution in [3.8, 4) is 0 Å². The number of quaternary nitrogens is 4. The van der Waals surface area contributed by atoms with Crippen LogP contribution in [0.3, 0.4) is 0 Å². The molecule has 3 aliphatic heterocycles. The van der Waals surface area contributed by atoms with Crippen molar-refractivity contribution in [2.75, 3.05) is 84.6 Å². The number of aromatic amines is 2. The highest BCUT2D eigenvalue weighted by Gasteiger charge is 2.59. The van der Waals surface area contributed by atoms with Gasteiger partial charge in [0.25, 0.3) is 0 Å². The van der Waals surface area contributed by atoms with Gasteiger partial charge in [-0.05, 0) is 144 Å². The maximum Gasteiger partial charge on any atom is 0.159 e. The molecule has 3 aliphatic rings. The molecule has 2 aromatic heterocycles. The van der Waals surface area contributed by atoms with Crippen LogP contribution < -0.4 is 28.6 Å². The van der Waals surface area contributed by atoms with Crippen molar-refractivity contribution in [3.63, 3.8) is 0 Å². The fourth-order valence-electron chi connectivity index (χ4n) is 9.42. The summed E-state index contributed by atoms with van der Waals surface area (Å²) in [5.41, 5.74) is 14.5. The number of hydrogen-bond acceptors (Lipinski definition) is 2. The van der Waals surface area contributed by atoms with Crippen molar-refractivity contribution >= 4 is 109 Å². The van der Waals surface area contributed by atoms with E-state index in [-0.39, 0.29) is 0 Å². The average molecular weight is 1170 g/mol. The summed E-state index contributed by atoms with van der Waals surface area (Å²) in [5, 5.41) is 1.93. The first kappa shape index (κ1) is 48.8. The van der Waals surface area contributed by atoms with Gasteiger partial charge in [-0.3, -0.25) is 27.9 Å². The minimum Gasteiger partial charge on any atom is -0.357 e. The summed E-state index contributed by atoms with van der Waals surface area (Å²) >= 11 is 17.6. The van der Waals surface area contributed by atoms with E-state index in [9.17, 15) is 0 Å². The second kappa shape index (κ2) is 16.7. The Morgan fingerprint density at radius 1 is 0.397 bits per heavy atom. The van der Waals surface area contributed by atoms with Gasteiger partial charge in [0.05, 0.1) is 96.0 Å². The molecule has 0 saturated carbocycles. The molecule has 12 heteroatoms. The zero-order valence-corrected chi connectivity index (χ0v) is 47.4. The number of benzene rings is 4. The molecule has 4 unspecified atom stereocenters. The SMILES string of the molecule is C[N+](C)(C)c1ccc(C2=c3ccc([nH]3)=C(c3ccc([N+](C)(C)C)cc3)c3ccc([nH]3)C(Br)(c3ccc([N+](C)(C)C)cc3)C3(Br)C=CC(=N3)C(Br)(c3ccc([N+](C)(C)C)cc3)C3(Br)C=CC2=N3)cc1. The number of hydrogen-bond donors (Lipinski definition) is 2. The number of nitrogens with zero attached hydrogens (tertiary/aromatic N) is 6. The van der Waals surface area contributed by atoms with Crippen LogP contribution in [-0.2, 0) is 8.65 Å². The van der Waals surface area contributed by atoms with Gasteiger partial charge in [-0.15, -0.1) is 0 Å². The second-order valence-corrected chi connectivity index (χ2v) is 26.7. The lowest BCUT2D eigenvalue weighted by Gasteiger charge is -2.40. The molecular weight excluding hydrogens is 1100 g/mol. The van der Waals surface area contributed by atoms with Gasteiger partial charge in [-0.2, -0.15) is 0 Å². The van der Waals surface area contributed by atoms with Gasteiger partial charge in [0.2, 0.25) is 0 Å².